The van der Waals surface area contributed by atoms with Crippen molar-refractivity contribution in [3.8, 4) is 0 Å². The third kappa shape index (κ3) is 3.52. The lowest BCUT2D eigenvalue weighted by atomic mass is 9.89. The molecular formula is C14H25ClN4O. The number of hydrogen-bond donors (Lipinski definition) is 1. The van der Waals surface area contributed by atoms with Crippen LogP contribution in [0.25, 0.3) is 0 Å². The van der Waals surface area contributed by atoms with Crippen LogP contribution in [-0.2, 0) is 12.5 Å². The number of amides is 1. The SMILES string of the molecule is C[C@@H]1CN(C(=O)c2cn(C)nc2C(C)(C)C)CCN1.Cl. The highest BCUT2D eigenvalue weighted by Gasteiger charge is 2.29. The van der Waals surface area contributed by atoms with Crippen LogP contribution >= 0.6 is 12.4 Å². The minimum atomic E-state index is -0.119. The fraction of sp³-hybridized carbons (Fsp3) is 0.714. The number of carbonyl (C=O) groups is 1. The van der Waals surface area contributed by atoms with Crippen LogP contribution < -0.4 is 5.32 Å². The summed E-state index contributed by atoms with van der Waals surface area (Å²) in [7, 11) is 1.87. The molecule has 2 heterocycles. The van der Waals surface area contributed by atoms with Crippen molar-refractivity contribution in [3.05, 3.63) is 17.5 Å². The second kappa shape index (κ2) is 6.14. The molecule has 6 heteroatoms. The zero-order valence-corrected chi connectivity index (χ0v) is 13.8. The molecule has 1 aliphatic rings. The Morgan fingerprint density at radius 3 is 2.65 bits per heavy atom. The van der Waals surface area contributed by atoms with E-state index in [9.17, 15) is 4.79 Å². The monoisotopic (exact) mass is 300 g/mol. The predicted molar refractivity (Wildman–Crippen MR) is 82.5 cm³/mol. The number of hydrogen-bond acceptors (Lipinski definition) is 3. The first kappa shape index (κ1) is 17.0. The van der Waals surface area contributed by atoms with Gasteiger partial charge in [-0.1, -0.05) is 20.8 Å². The first-order chi connectivity index (χ1) is 8.79. The highest BCUT2D eigenvalue weighted by atomic mass is 35.5. The maximum atomic E-state index is 12.7. The number of nitrogens with one attached hydrogen (secondary N) is 1. The first-order valence-corrected chi connectivity index (χ1v) is 6.86. The van der Waals surface area contributed by atoms with Gasteiger partial charge >= 0.3 is 0 Å². The van der Waals surface area contributed by atoms with Gasteiger partial charge in [0.25, 0.3) is 5.91 Å². The van der Waals surface area contributed by atoms with Gasteiger partial charge in [-0.3, -0.25) is 9.48 Å². The third-order valence-electron chi connectivity index (χ3n) is 3.43. The molecule has 0 saturated carbocycles. The lowest BCUT2D eigenvalue weighted by Gasteiger charge is -2.32. The third-order valence-corrected chi connectivity index (χ3v) is 3.43. The Hall–Kier alpha value is -1.07. The average Bonchev–Trinajstić information content (AvgIpc) is 2.70. The van der Waals surface area contributed by atoms with Gasteiger partial charge in [-0.2, -0.15) is 5.10 Å². The molecule has 114 valence electrons. The van der Waals surface area contributed by atoms with E-state index in [4.69, 9.17) is 0 Å². The molecule has 2 rings (SSSR count). The summed E-state index contributed by atoms with van der Waals surface area (Å²) in [6, 6.07) is 0.354. The summed E-state index contributed by atoms with van der Waals surface area (Å²) >= 11 is 0. The van der Waals surface area contributed by atoms with Gasteiger partial charge in [0, 0.05) is 44.3 Å². The number of nitrogens with zero attached hydrogens (tertiary/aromatic N) is 3. The molecule has 1 atom stereocenters. The summed E-state index contributed by atoms with van der Waals surface area (Å²) in [5.74, 6) is 0.103. The highest BCUT2D eigenvalue weighted by molar-refractivity contribution is 5.95. The molecule has 0 spiro atoms. The van der Waals surface area contributed by atoms with E-state index in [1.54, 1.807) is 4.68 Å². The van der Waals surface area contributed by atoms with Crippen LogP contribution in [0.3, 0.4) is 0 Å². The average molecular weight is 301 g/mol. The summed E-state index contributed by atoms with van der Waals surface area (Å²) in [5.41, 5.74) is 1.50. The lowest BCUT2D eigenvalue weighted by Crippen LogP contribution is -2.51. The smallest absolute Gasteiger partial charge is 0.257 e. The van der Waals surface area contributed by atoms with Crippen molar-refractivity contribution in [2.24, 2.45) is 7.05 Å². The number of halogens is 1. The van der Waals surface area contributed by atoms with Crippen molar-refractivity contribution in [3.63, 3.8) is 0 Å². The second-order valence-corrected chi connectivity index (χ2v) is 6.42. The summed E-state index contributed by atoms with van der Waals surface area (Å²) in [5, 5.41) is 7.82. The molecule has 1 aromatic rings. The zero-order chi connectivity index (χ0) is 14.2. The van der Waals surface area contributed by atoms with Crippen LogP contribution in [0.5, 0.6) is 0 Å². The Morgan fingerprint density at radius 1 is 1.45 bits per heavy atom. The quantitative estimate of drug-likeness (QED) is 0.856. The van der Waals surface area contributed by atoms with Gasteiger partial charge in [0.2, 0.25) is 0 Å². The van der Waals surface area contributed by atoms with Crippen molar-refractivity contribution >= 4 is 18.3 Å². The van der Waals surface area contributed by atoms with E-state index in [-0.39, 0.29) is 23.7 Å². The van der Waals surface area contributed by atoms with Crippen LogP contribution in [-0.4, -0.2) is 46.3 Å². The number of piperazine rings is 1. The van der Waals surface area contributed by atoms with Crippen molar-refractivity contribution in [2.45, 2.75) is 39.2 Å². The number of rotatable bonds is 1. The molecule has 0 bridgehead atoms. The molecule has 1 N–H and O–H groups in total. The molecule has 0 unspecified atom stereocenters. The Kier molecular flexibility index (Phi) is 5.21. The molecule has 0 radical (unpaired) electrons. The van der Waals surface area contributed by atoms with E-state index in [2.05, 4.69) is 38.1 Å². The van der Waals surface area contributed by atoms with Crippen LogP contribution in [0.4, 0.5) is 0 Å². The van der Waals surface area contributed by atoms with Gasteiger partial charge in [-0.25, -0.2) is 0 Å². The van der Waals surface area contributed by atoms with Gasteiger partial charge in [0.15, 0.2) is 0 Å². The van der Waals surface area contributed by atoms with Gasteiger partial charge in [-0.15, -0.1) is 12.4 Å². The molecule has 0 aromatic carbocycles. The molecule has 0 aliphatic carbocycles. The summed E-state index contributed by atoms with van der Waals surface area (Å²) in [6.07, 6.45) is 1.84. The minimum absolute atomic E-state index is 0. The maximum absolute atomic E-state index is 12.7. The Morgan fingerprint density at radius 2 is 2.10 bits per heavy atom. The lowest BCUT2D eigenvalue weighted by molar-refractivity contribution is 0.0706. The molecule has 1 aromatic heterocycles. The standard InChI is InChI=1S/C14H24N4O.ClH/c1-10-8-18(7-6-15-10)13(19)11-9-17(5)16-12(11)14(2,3)4;/h9-10,15H,6-8H2,1-5H3;1H/t10-;/m1./s1. The van der Waals surface area contributed by atoms with Crippen LogP contribution in [0.15, 0.2) is 6.20 Å². The van der Waals surface area contributed by atoms with Gasteiger partial charge in [0.05, 0.1) is 11.3 Å². The Balaban J connectivity index is 0.00000200. The first-order valence-electron chi connectivity index (χ1n) is 6.86. The van der Waals surface area contributed by atoms with Gasteiger partial charge in [0.1, 0.15) is 0 Å². The normalized spacial score (nSPS) is 19.6. The summed E-state index contributed by atoms with van der Waals surface area (Å²) < 4.78 is 1.74. The topological polar surface area (TPSA) is 50.2 Å². The van der Waals surface area contributed by atoms with Crippen molar-refractivity contribution in [2.75, 3.05) is 19.6 Å². The van der Waals surface area contributed by atoms with Crippen molar-refractivity contribution in [1.29, 1.82) is 0 Å². The fourth-order valence-electron chi connectivity index (χ4n) is 2.49. The molecule has 1 aliphatic heterocycles. The molecule has 1 amide bonds. The zero-order valence-electron chi connectivity index (χ0n) is 12.9. The van der Waals surface area contributed by atoms with Crippen LogP contribution in [0.1, 0.15) is 43.7 Å². The summed E-state index contributed by atoms with van der Waals surface area (Å²) in [4.78, 5) is 14.6. The molecule has 5 nitrogen and oxygen atoms in total. The van der Waals surface area contributed by atoms with E-state index in [1.165, 1.54) is 0 Å². The van der Waals surface area contributed by atoms with Crippen LogP contribution in [0.2, 0.25) is 0 Å². The number of carbonyl (C=O) groups excluding carboxylic acids is 1. The predicted octanol–water partition coefficient (Wildman–Crippen LogP) is 1.57. The highest BCUT2D eigenvalue weighted by Crippen LogP contribution is 2.25. The minimum Gasteiger partial charge on any atom is -0.336 e. The molecule has 1 saturated heterocycles. The largest absolute Gasteiger partial charge is 0.336 e. The maximum Gasteiger partial charge on any atom is 0.257 e. The van der Waals surface area contributed by atoms with E-state index in [0.717, 1.165) is 30.9 Å². The summed E-state index contributed by atoms with van der Waals surface area (Å²) in [6.45, 7) is 10.8. The van der Waals surface area contributed by atoms with Crippen LogP contribution in [0, 0.1) is 0 Å². The Bertz CT molecular complexity index is 478. The van der Waals surface area contributed by atoms with Gasteiger partial charge < -0.3 is 10.2 Å². The molecule has 1 fully saturated rings. The van der Waals surface area contributed by atoms with E-state index in [1.807, 2.05) is 18.1 Å². The second-order valence-electron chi connectivity index (χ2n) is 6.42. The molecule has 20 heavy (non-hydrogen) atoms. The van der Waals surface area contributed by atoms with Gasteiger partial charge in [-0.05, 0) is 6.92 Å². The van der Waals surface area contributed by atoms with E-state index >= 15 is 0 Å². The van der Waals surface area contributed by atoms with E-state index < -0.39 is 0 Å². The molecular weight excluding hydrogens is 276 g/mol. The number of aromatic nitrogens is 2. The fourth-order valence-corrected chi connectivity index (χ4v) is 2.49. The van der Waals surface area contributed by atoms with Crippen molar-refractivity contribution < 1.29 is 4.79 Å². The number of aryl methyl sites for hydroxylation is 1. The Labute approximate surface area is 127 Å². The van der Waals surface area contributed by atoms with E-state index in [0.29, 0.717) is 6.04 Å². The van der Waals surface area contributed by atoms with Crippen molar-refractivity contribution in [1.82, 2.24) is 20.0 Å².